The minimum Gasteiger partial charge on any atom is -0.496 e. The topological polar surface area (TPSA) is 77.2 Å². The number of rotatable bonds is 4. The van der Waals surface area contributed by atoms with Gasteiger partial charge in [-0.1, -0.05) is 11.6 Å². The van der Waals surface area contributed by atoms with Crippen LogP contribution in [0.2, 0.25) is 5.02 Å². The molecule has 0 saturated carbocycles. The van der Waals surface area contributed by atoms with Crippen molar-refractivity contribution in [3.05, 3.63) is 38.3 Å². The van der Waals surface area contributed by atoms with E-state index in [9.17, 15) is 4.79 Å². The molecule has 2 rings (SSSR count). The van der Waals surface area contributed by atoms with Crippen LogP contribution >= 0.6 is 47.8 Å². The number of carbonyl (C=O) groups is 1. The number of benzene rings is 1. The Bertz CT molecular complexity index is 692. The van der Waals surface area contributed by atoms with Crippen LogP contribution in [-0.2, 0) is 6.54 Å². The average Bonchev–Trinajstić information content (AvgIpc) is 2.76. The number of nitrogens with one attached hydrogen (secondary N) is 1. The van der Waals surface area contributed by atoms with Crippen LogP contribution in [0.25, 0.3) is 0 Å². The van der Waals surface area contributed by atoms with E-state index >= 15 is 0 Å². The molecule has 0 aliphatic rings. The Labute approximate surface area is 156 Å². The number of hydrogen-bond acceptors (Lipinski definition) is 5. The van der Waals surface area contributed by atoms with Crippen molar-refractivity contribution in [1.29, 1.82) is 0 Å². The van der Waals surface area contributed by atoms with Crippen LogP contribution in [-0.4, -0.2) is 18.0 Å². The summed E-state index contributed by atoms with van der Waals surface area (Å²) in [6.07, 6.45) is 0. The Hall–Kier alpha value is -1.21. The van der Waals surface area contributed by atoms with E-state index in [2.05, 4.69) is 10.3 Å². The lowest BCUT2D eigenvalue weighted by Crippen LogP contribution is -2.23. The molecule has 0 radical (unpaired) electrons. The highest BCUT2D eigenvalue weighted by molar-refractivity contribution is 7.11. The van der Waals surface area contributed by atoms with Gasteiger partial charge in [0.1, 0.15) is 5.75 Å². The van der Waals surface area contributed by atoms with Crippen molar-refractivity contribution in [2.45, 2.75) is 20.4 Å². The molecule has 1 aromatic heterocycles. The standard InChI is InChI=1S/C14H16ClN3O2S.2ClH/c1-7-13(21-8(2)18-7)6-17-14(19)9-4-10(15)11(16)5-12(9)20-3;;/h4-5H,6,16H2,1-3H3,(H,17,19);2*1H. The second-order valence-electron chi connectivity index (χ2n) is 4.50. The Morgan fingerprint density at radius 3 is 2.57 bits per heavy atom. The van der Waals surface area contributed by atoms with E-state index in [0.29, 0.717) is 28.6 Å². The van der Waals surface area contributed by atoms with E-state index < -0.39 is 0 Å². The Morgan fingerprint density at radius 2 is 2.04 bits per heavy atom. The molecule has 0 spiro atoms. The molecule has 0 atom stereocenters. The lowest BCUT2D eigenvalue weighted by atomic mass is 10.1. The van der Waals surface area contributed by atoms with Gasteiger partial charge in [0.25, 0.3) is 5.91 Å². The lowest BCUT2D eigenvalue weighted by molar-refractivity contribution is 0.0948. The molecular weight excluding hydrogens is 381 g/mol. The molecule has 1 aromatic carbocycles. The molecule has 128 valence electrons. The van der Waals surface area contributed by atoms with Gasteiger partial charge in [0.15, 0.2) is 0 Å². The number of methoxy groups -OCH3 is 1. The molecule has 1 amide bonds. The molecule has 0 fully saturated rings. The van der Waals surface area contributed by atoms with Crippen LogP contribution in [0.5, 0.6) is 5.75 Å². The number of halogens is 3. The molecule has 9 heteroatoms. The van der Waals surface area contributed by atoms with E-state index in [0.717, 1.165) is 15.6 Å². The maximum absolute atomic E-state index is 12.3. The van der Waals surface area contributed by atoms with Gasteiger partial charge in [-0.15, -0.1) is 36.2 Å². The van der Waals surface area contributed by atoms with Crippen molar-refractivity contribution in [3.63, 3.8) is 0 Å². The van der Waals surface area contributed by atoms with Crippen molar-refractivity contribution in [2.75, 3.05) is 12.8 Å². The average molecular weight is 399 g/mol. The minimum absolute atomic E-state index is 0. The summed E-state index contributed by atoms with van der Waals surface area (Å²) in [5.41, 5.74) is 7.36. The van der Waals surface area contributed by atoms with Gasteiger partial charge >= 0.3 is 0 Å². The van der Waals surface area contributed by atoms with Crippen molar-refractivity contribution in [2.24, 2.45) is 0 Å². The summed E-state index contributed by atoms with van der Waals surface area (Å²) in [5.74, 6) is 0.130. The molecule has 0 bridgehead atoms. The van der Waals surface area contributed by atoms with Crippen LogP contribution in [0.1, 0.15) is 25.9 Å². The number of amides is 1. The zero-order chi connectivity index (χ0) is 15.6. The van der Waals surface area contributed by atoms with Gasteiger partial charge in [-0.3, -0.25) is 4.79 Å². The molecule has 2 aromatic rings. The van der Waals surface area contributed by atoms with Gasteiger partial charge in [-0.2, -0.15) is 0 Å². The maximum Gasteiger partial charge on any atom is 0.255 e. The first kappa shape index (κ1) is 21.8. The summed E-state index contributed by atoms with van der Waals surface area (Å²) in [5, 5.41) is 4.14. The molecule has 3 N–H and O–H groups in total. The maximum atomic E-state index is 12.3. The first-order valence-corrected chi connectivity index (χ1v) is 7.46. The largest absolute Gasteiger partial charge is 0.496 e. The van der Waals surface area contributed by atoms with Gasteiger partial charge < -0.3 is 15.8 Å². The highest BCUT2D eigenvalue weighted by Crippen LogP contribution is 2.29. The predicted octanol–water partition coefficient (Wildman–Crippen LogP) is 3.78. The number of nitrogen functional groups attached to an aromatic ring is 1. The number of carbonyl (C=O) groups excluding carboxylic acids is 1. The summed E-state index contributed by atoms with van der Waals surface area (Å²) in [7, 11) is 1.48. The zero-order valence-corrected chi connectivity index (χ0v) is 16.0. The molecule has 0 saturated heterocycles. The predicted molar refractivity (Wildman–Crippen MR) is 99.7 cm³/mol. The number of nitrogens with two attached hydrogens (primary N) is 1. The number of anilines is 1. The van der Waals surface area contributed by atoms with Crippen molar-refractivity contribution in [3.8, 4) is 5.75 Å². The zero-order valence-electron chi connectivity index (χ0n) is 12.8. The Morgan fingerprint density at radius 1 is 1.39 bits per heavy atom. The van der Waals surface area contributed by atoms with Crippen molar-refractivity contribution < 1.29 is 9.53 Å². The minimum atomic E-state index is -0.265. The van der Waals surface area contributed by atoms with E-state index in [1.54, 1.807) is 17.4 Å². The number of aromatic nitrogens is 1. The number of hydrogen-bond donors (Lipinski definition) is 2. The first-order valence-electron chi connectivity index (χ1n) is 6.26. The van der Waals surface area contributed by atoms with E-state index in [1.807, 2.05) is 13.8 Å². The summed E-state index contributed by atoms with van der Waals surface area (Å²) in [6, 6.07) is 3.05. The third kappa shape index (κ3) is 5.14. The van der Waals surface area contributed by atoms with E-state index in [4.69, 9.17) is 22.1 Å². The highest BCUT2D eigenvalue weighted by Gasteiger charge is 2.15. The van der Waals surface area contributed by atoms with Crippen LogP contribution < -0.4 is 15.8 Å². The van der Waals surface area contributed by atoms with Crippen LogP contribution in [0.3, 0.4) is 0 Å². The van der Waals surface area contributed by atoms with Gasteiger partial charge in [0.2, 0.25) is 0 Å². The highest BCUT2D eigenvalue weighted by atomic mass is 35.5. The van der Waals surface area contributed by atoms with Crippen molar-refractivity contribution >= 4 is 59.3 Å². The SMILES string of the molecule is COc1cc(N)c(Cl)cc1C(=O)NCc1sc(C)nc1C.Cl.Cl. The molecule has 1 heterocycles. The van der Waals surface area contributed by atoms with Gasteiger partial charge in [-0.25, -0.2) is 4.98 Å². The molecular formula is C14H18Cl3N3O2S. The van der Waals surface area contributed by atoms with Crippen LogP contribution in [0, 0.1) is 13.8 Å². The number of aryl methyl sites for hydroxylation is 2. The second-order valence-corrected chi connectivity index (χ2v) is 6.19. The monoisotopic (exact) mass is 397 g/mol. The Balaban J connectivity index is 0.00000242. The van der Waals surface area contributed by atoms with Gasteiger partial charge in [0, 0.05) is 10.9 Å². The third-order valence-corrected chi connectivity index (χ3v) is 4.37. The number of nitrogens with zero attached hydrogens (tertiary/aromatic N) is 1. The Kier molecular flexibility index (Phi) is 8.69. The van der Waals surface area contributed by atoms with Crippen LogP contribution in [0.4, 0.5) is 5.69 Å². The number of ether oxygens (including phenoxy) is 1. The van der Waals surface area contributed by atoms with Crippen LogP contribution in [0.15, 0.2) is 12.1 Å². The smallest absolute Gasteiger partial charge is 0.255 e. The van der Waals surface area contributed by atoms with Gasteiger partial charge in [-0.05, 0) is 19.9 Å². The summed E-state index contributed by atoms with van der Waals surface area (Å²) in [4.78, 5) is 17.6. The molecule has 5 nitrogen and oxygen atoms in total. The fraction of sp³-hybridized carbons (Fsp3) is 0.286. The molecule has 0 unspecified atom stereocenters. The summed E-state index contributed by atoms with van der Waals surface area (Å²) < 4.78 is 5.17. The summed E-state index contributed by atoms with van der Waals surface area (Å²) >= 11 is 7.53. The third-order valence-electron chi connectivity index (χ3n) is 2.97. The lowest BCUT2D eigenvalue weighted by Gasteiger charge is -2.11. The molecule has 0 aliphatic heterocycles. The summed E-state index contributed by atoms with van der Waals surface area (Å²) in [6.45, 7) is 4.28. The molecule has 0 aliphatic carbocycles. The molecule has 23 heavy (non-hydrogen) atoms. The first-order chi connectivity index (χ1) is 9.92. The van der Waals surface area contributed by atoms with E-state index in [1.165, 1.54) is 13.2 Å². The van der Waals surface area contributed by atoms with Gasteiger partial charge in [0.05, 0.1) is 40.6 Å². The van der Waals surface area contributed by atoms with E-state index in [-0.39, 0.29) is 30.7 Å². The second kappa shape index (κ2) is 9.17. The normalized spacial score (nSPS) is 9.57. The number of thiazole rings is 1. The fourth-order valence-electron chi connectivity index (χ4n) is 1.91. The van der Waals surface area contributed by atoms with Crippen molar-refractivity contribution in [1.82, 2.24) is 10.3 Å². The quantitative estimate of drug-likeness (QED) is 0.768. The fourth-order valence-corrected chi connectivity index (χ4v) is 2.95.